The Balaban J connectivity index is 1.90. The highest BCUT2D eigenvalue weighted by molar-refractivity contribution is 6.35. The number of halogens is 2. The molecule has 0 aromatic heterocycles. The van der Waals surface area contributed by atoms with E-state index in [4.69, 9.17) is 38.4 Å². The van der Waals surface area contributed by atoms with Gasteiger partial charge in [0.15, 0.2) is 6.61 Å². The summed E-state index contributed by atoms with van der Waals surface area (Å²) in [4.78, 5) is 22.3. The van der Waals surface area contributed by atoms with E-state index < -0.39 is 12.0 Å². The molecule has 0 aliphatic rings. The van der Waals surface area contributed by atoms with Gasteiger partial charge in [-0.3, -0.25) is 0 Å². The van der Waals surface area contributed by atoms with Gasteiger partial charge in [0.25, 0.3) is 0 Å². The quantitative estimate of drug-likeness (QED) is 0.490. The second-order valence-electron chi connectivity index (χ2n) is 4.57. The molecule has 2 aromatic carbocycles. The van der Waals surface area contributed by atoms with Crippen molar-refractivity contribution in [1.82, 2.24) is 0 Å². The first-order valence-electron chi connectivity index (χ1n) is 6.59. The molecule has 2 rings (SSSR count). The van der Waals surface area contributed by atoms with E-state index in [0.717, 1.165) is 0 Å². The van der Waals surface area contributed by atoms with Crippen LogP contribution in [-0.2, 0) is 9.59 Å². The summed E-state index contributed by atoms with van der Waals surface area (Å²) in [7, 11) is 0. The number of benzene rings is 2. The molecule has 1 unspecified atom stereocenters. The van der Waals surface area contributed by atoms with Crippen LogP contribution in [0.4, 0.5) is 0 Å². The molecule has 0 bridgehead atoms. The molecule has 0 heterocycles. The number of hydrogen-bond acceptors (Lipinski definition) is 5. The molecule has 1 atom stereocenters. The highest BCUT2D eigenvalue weighted by Gasteiger charge is 2.10. The Morgan fingerprint density at radius 3 is 2.48 bits per heavy atom. The smallest absolute Gasteiger partial charge is 0.349 e. The van der Waals surface area contributed by atoms with Crippen molar-refractivity contribution in [2.45, 2.75) is 6.04 Å². The maximum atomic E-state index is 11.7. The fourth-order valence-electron chi connectivity index (χ4n) is 1.73. The first-order chi connectivity index (χ1) is 11.0. The number of hydrogen-bond donors (Lipinski definition) is 1. The molecule has 0 aliphatic carbocycles. The summed E-state index contributed by atoms with van der Waals surface area (Å²) < 4.78 is 10.4. The van der Waals surface area contributed by atoms with Gasteiger partial charge < -0.3 is 20.0 Å². The molecule has 120 valence electrons. The predicted molar refractivity (Wildman–Crippen MR) is 87.0 cm³/mol. The molecule has 2 N–H and O–H groups in total. The minimum Gasteiger partial charge on any atom is -0.480 e. The van der Waals surface area contributed by atoms with Crippen molar-refractivity contribution in [2.75, 3.05) is 6.61 Å². The average Bonchev–Trinajstić information content (AvgIpc) is 2.54. The number of aldehydes is 1. The fraction of sp³-hybridized carbons (Fsp3) is 0.125. The lowest BCUT2D eigenvalue weighted by molar-refractivity contribution is -0.136. The number of carbonyl (C=O) groups excluding carboxylic acids is 2. The van der Waals surface area contributed by atoms with Crippen molar-refractivity contribution in [3.63, 3.8) is 0 Å². The Bertz CT molecular complexity index is 704. The van der Waals surface area contributed by atoms with Gasteiger partial charge in [0.1, 0.15) is 17.8 Å². The Morgan fingerprint density at radius 2 is 1.87 bits per heavy atom. The lowest BCUT2D eigenvalue weighted by atomic mass is 10.1. The van der Waals surface area contributed by atoms with Gasteiger partial charge in [0.2, 0.25) is 0 Å². The average molecular weight is 354 g/mol. The van der Waals surface area contributed by atoms with Crippen molar-refractivity contribution < 1.29 is 19.1 Å². The minimum absolute atomic E-state index is 0.303. The second-order valence-corrected chi connectivity index (χ2v) is 5.41. The number of ether oxygens (including phenoxy) is 2. The van der Waals surface area contributed by atoms with Crippen LogP contribution in [0.3, 0.4) is 0 Å². The summed E-state index contributed by atoms with van der Waals surface area (Å²) in [5.41, 5.74) is 6.19. The molecule has 0 saturated heterocycles. The van der Waals surface area contributed by atoms with E-state index in [2.05, 4.69) is 0 Å². The van der Waals surface area contributed by atoms with Crippen LogP contribution in [0.1, 0.15) is 11.6 Å². The number of rotatable bonds is 6. The van der Waals surface area contributed by atoms with Gasteiger partial charge in [-0.2, -0.15) is 0 Å². The molecule has 0 saturated carbocycles. The summed E-state index contributed by atoms with van der Waals surface area (Å²) in [5.74, 6) is 0.0615. The molecule has 7 heteroatoms. The van der Waals surface area contributed by atoms with Gasteiger partial charge >= 0.3 is 5.97 Å². The van der Waals surface area contributed by atoms with Crippen LogP contribution in [0.25, 0.3) is 0 Å². The third-order valence-corrected chi connectivity index (χ3v) is 3.41. The van der Waals surface area contributed by atoms with Crippen LogP contribution < -0.4 is 15.2 Å². The summed E-state index contributed by atoms with van der Waals surface area (Å²) in [6.45, 7) is -0.309. The summed E-state index contributed by atoms with van der Waals surface area (Å²) >= 11 is 11.7. The van der Waals surface area contributed by atoms with E-state index in [1.54, 1.807) is 36.4 Å². The van der Waals surface area contributed by atoms with Crippen molar-refractivity contribution in [1.29, 1.82) is 0 Å². The van der Waals surface area contributed by atoms with Gasteiger partial charge in [-0.15, -0.1) is 0 Å². The third-order valence-electron chi connectivity index (χ3n) is 2.88. The van der Waals surface area contributed by atoms with Crippen molar-refractivity contribution >= 4 is 35.5 Å². The molecule has 23 heavy (non-hydrogen) atoms. The fourth-order valence-corrected chi connectivity index (χ4v) is 2.19. The highest BCUT2D eigenvalue weighted by atomic mass is 35.5. The zero-order valence-corrected chi connectivity index (χ0v) is 13.4. The Labute approximate surface area is 142 Å². The normalized spacial score (nSPS) is 11.6. The van der Waals surface area contributed by atoms with Gasteiger partial charge in [-0.25, -0.2) is 4.79 Å². The highest BCUT2D eigenvalue weighted by Crippen LogP contribution is 2.27. The molecular weight excluding hydrogens is 341 g/mol. The molecule has 2 aromatic rings. The third kappa shape index (κ3) is 4.96. The Hall–Kier alpha value is -2.08. The van der Waals surface area contributed by atoms with E-state index >= 15 is 0 Å². The number of carbonyl (C=O) groups is 2. The van der Waals surface area contributed by atoms with Gasteiger partial charge in [-0.05, 0) is 35.9 Å². The predicted octanol–water partition coefficient (Wildman–Crippen LogP) is 3.18. The zero-order chi connectivity index (χ0) is 16.8. The largest absolute Gasteiger partial charge is 0.480 e. The van der Waals surface area contributed by atoms with Crippen LogP contribution in [-0.4, -0.2) is 18.9 Å². The summed E-state index contributed by atoms with van der Waals surface area (Å²) in [6, 6.07) is 10.3. The summed E-state index contributed by atoms with van der Waals surface area (Å²) in [5, 5.41) is 0.774. The topological polar surface area (TPSA) is 78.6 Å². The van der Waals surface area contributed by atoms with E-state index in [1.165, 1.54) is 6.07 Å². The maximum Gasteiger partial charge on any atom is 0.349 e. The molecule has 0 spiro atoms. The first kappa shape index (κ1) is 17.3. The zero-order valence-electron chi connectivity index (χ0n) is 11.9. The van der Waals surface area contributed by atoms with Crippen LogP contribution in [0, 0.1) is 0 Å². The van der Waals surface area contributed by atoms with Gasteiger partial charge in [0, 0.05) is 5.02 Å². The van der Waals surface area contributed by atoms with Gasteiger partial charge in [0.05, 0.1) is 11.1 Å². The molecule has 0 aliphatic heterocycles. The van der Waals surface area contributed by atoms with E-state index in [-0.39, 0.29) is 6.61 Å². The molecule has 0 amide bonds. The SMILES string of the molecule is NC(C=O)c1ccc(OC(=O)COc2ccc(Cl)cc2Cl)cc1. The maximum absolute atomic E-state index is 11.7. The Morgan fingerprint density at radius 1 is 1.17 bits per heavy atom. The molecule has 0 radical (unpaired) electrons. The van der Waals surface area contributed by atoms with E-state index in [0.29, 0.717) is 33.4 Å². The monoisotopic (exact) mass is 353 g/mol. The number of esters is 1. The van der Waals surface area contributed by atoms with Crippen LogP contribution in [0.5, 0.6) is 11.5 Å². The minimum atomic E-state index is -0.699. The lowest BCUT2D eigenvalue weighted by Gasteiger charge is -2.09. The summed E-state index contributed by atoms with van der Waals surface area (Å²) in [6.07, 6.45) is 0.630. The standard InChI is InChI=1S/C16H13Cl2NO4/c17-11-3-6-15(13(18)7-11)22-9-16(21)23-12-4-1-10(2-5-12)14(19)8-20/h1-8,14H,9,19H2. The van der Waals surface area contributed by atoms with E-state index in [9.17, 15) is 9.59 Å². The van der Waals surface area contributed by atoms with Crippen LogP contribution >= 0.6 is 23.2 Å². The molecule has 5 nitrogen and oxygen atoms in total. The second kappa shape index (κ2) is 7.97. The number of nitrogens with two attached hydrogens (primary N) is 1. The van der Waals surface area contributed by atoms with E-state index in [1.807, 2.05) is 0 Å². The van der Waals surface area contributed by atoms with Gasteiger partial charge in [-0.1, -0.05) is 35.3 Å². The van der Waals surface area contributed by atoms with Crippen LogP contribution in [0.2, 0.25) is 10.0 Å². The van der Waals surface area contributed by atoms with Crippen molar-refractivity contribution in [3.05, 3.63) is 58.1 Å². The van der Waals surface area contributed by atoms with Crippen LogP contribution in [0.15, 0.2) is 42.5 Å². The van der Waals surface area contributed by atoms with Crippen molar-refractivity contribution in [3.8, 4) is 11.5 Å². The Kier molecular flexibility index (Phi) is 5.98. The lowest BCUT2D eigenvalue weighted by Crippen LogP contribution is -2.18. The molecular formula is C16H13Cl2NO4. The first-order valence-corrected chi connectivity index (χ1v) is 7.34. The van der Waals surface area contributed by atoms with Crippen molar-refractivity contribution in [2.24, 2.45) is 5.73 Å². The molecule has 0 fully saturated rings.